The minimum absolute atomic E-state index is 0.409. The van der Waals surface area contributed by atoms with Gasteiger partial charge in [-0.25, -0.2) is 0 Å². The summed E-state index contributed by atoms with van der Waals surface area (Å²) in [6.45, 7) is 0. The van der Waals surface area contributed by atoms with Crippen LogP contribution in [0.1, 0.15) is 0 Å². The minimum atomic E-state index is 0.409. The smallest absolute Gasteiger partial charge is 0.267 e. The summed E-state index contributed by atoms with van der Waals surface area (Å²) < 4.78 is 0. The molecule has 0 bridgehead atoms. The Balaban J connectivity index is 2.20. The van der Waals surface area contributed by atoms with E-state index in [0.29, 0.717) is 5.95 Å². The first-order valence-corrected chi connectivity index (χ1v) is 3.72. The molecule has 0 unspecified atom stereocenters. The molecule has 0 saturated carbocycles. The highest BCUT2D eigenvalue weighted by Gasteiger charge is 2.00. The minimum Gasteiger partial charge on any atom is -0.322 e. The monoisotopic (exact) mass is 176 g/mol. The van der Waals surface area contributed by atoms with Gasteiger partial charge >= 0.3 is 0 Å². The van der Waals surface area contributed by atoms with Crippen LogP contribution in [0, 0.1) is 0 Å². The summed E-state index contributed by atoms with van der Waals surface area (Å²) in [6.07, 6.45) is 0. The summed E-state index contributed by atoms with van der Waals surface area (Å²) in [6, 6.07) is 9.54. The number of nitrogens with two attached hydrogens (primary N) is 1. The van der Waals surface area contributed by atoms with E-state index in [9.17, 15) is 0 Å². The zero-order valence-corrected chi connectivity index (χ0v) is 6.75. The first-order chi connectivity index (χ1) is 6.36. The molecule has 2 aromatic rings. The highest BCUT2D eigenvalue weighted by molar-refractivity contribution is 5.52. The molecule has 13 heavy (non-hydrogen) atoms. The van der Waals surface area contributed by atoms with Gasteiger partial charge in [0.1, 0.15) is 0 Å². The number of para-hydroxylation sites is 1. The lowest BCUT2D eigenvalue weighted by Crippen LogP contribution is -2.13. The average molecular weight is 176 g/mol. The van der Waals surface area contributed by atoms with E-state index in [-0.39, 0.29) is 0 Å². The van der Waals surface area contributed by atoms with Crippen LogP contribution in [0.3, 0.4) is 0 Å². The molecule has 1 heterocycles. The van der Waals surface area contributed by atoms with Crippen molar-refractivity contribution in [1.82, 2.24) is 20.3 Å². The van der Waals surface area contributed by atoms with E-state index in [1.165, 1.54) is 0 Å². The maximum absolute atomic E-state index is 5.41. The number of tetrazole rings is 1. The SMILES string of the molecule is Nn1nnnc1Nc1ccccc1. The summed E-state index contributed by atoms with van der Waals surface area (Å²) in [7, 11) is 0. The average Bonchev–Trinajstić information content (AvgIpc) is 2.54. The Morgan fingerprint density at radius 1 is 1.23 bits per heavy atom. The predicted octanol–water partition coefficient (Wildman–Crippen LogP) is 0.130. The van der Waals surface area contributed by atoms with Crippen LogP contribution in [0.5, 0.6) is 0 Å². The van der Waals surface area contributed by atoms with Crippen LogP contribution in [0.4, 0.5) is 11.6 Å². The molecular weight excluding hydrogens is 168 g/mol. The summed E-state index contributed by atoms with van der Waals surface area (Å²) in [4.78, 5) is 1.08. The molecule has 0 fully saturated rings. The molecule has 0 atom stereocenters. The van der Waals surface area contributed by atoms with Gasteiger partial charge in [-0.2, -0.15) is 0 Å². The second-order valence-electron chi connectivity index (χ2n) is 2.44. The Morgan fingerprint density at radius 2 is 2.00 bits per heavy atom. The van der Waals surface area contributed by atoms with Crippen molar-refractivity contribution in [1.29, 1.82) is 0 Å². The van der Waals surface area contributed by atoms with E-state index in [2.05, 4.69) is 20.8 Å². The van der Waals surface area contributed by atoms with Crippen LogP contribution in [0.2, 0.25) is 0 Å². The fourth-order valence-corrected chi connectivity index (χ4v) is 0.926. The maximum Gasteiger partial charge on any atom is 0.267 e. The van der Waals surface area contributed by atoms with Gasteiger partial charge in [-0.15, -0.1) is 4.79 Å². The fourth-order valence-electron chi connectivity index (χ4n) is 0.926. The van der Waals surface area contributed by atoms with Crippen LogP contribution in [-0.2, 0) is 0 Å². The molecule has 0 amide bonds. The summed E-state index contributed by atoms with van der Waals surface area (Å²) in [5.41, 5.74) is 0.893. The molecule has 6 heteroatoms. The van der Waals surface area contributed by atoms with E-state index in [1.54, 1.807) is 0 Å². The Morgan fingerprint density at radius 3 is 2.62 bits per heavy atom. The number of benzene rings is 1. The summed E-state index contributed by atoms with van der Waals surface area (Å²) in [5, 5.41) is 13.5. The third-order valence-corrected chi connectivity index (χ3v) is 1.52. The molecule has 0 aliphatic carbocycles. The number of nitrogen functional groups attached to an aromatic ring is 1. The van der Waals surface area contributed by atoms with Gasteiger partial charge < -0.3 is 11.2 Å². The van der Waals surface area contributed by atoms with Crippen LogP contribution < -0.4 is 11.2 Å². The molecule has 3 N–H and O–H groups in total. The Kier molecular flexibility index (Phi) is 1.79. The van der Waals surface area contributed by atoms with Gasteiger partial charge in [-0.3, -0.25) is 0 Å². The van der Waals surface area contributed by atoms with Crippen LogP contribution in [0.25, 0.3) is 0 Å². The number of aromatic nitrogens is 4. The van der Waals surface area contributed by atoms with Gasteiger partial charge in [-0.05, 0) is 22.6 Å². The quantitative estimate of drug-likeness (QED) is 0.635. The first-order valence-electron chi connectivity index (χ1n) is 3.72. The van der Waals surface area contributed by atoms with Gasteiger partial charge in [0, 0.05) is 5.69 Å². The van der Waals surface area contributed by atoms with Crippen LogP contribution in [0.15, 0.2) is 30.3 Å². The molecule has 0 spiro atoms. The van der Waals surface area contributed by atoms with E-state index < -0.39 is 0 Å². The maximum atomic E-state index is 5.41. The number of hydrogen-bond acceptors (Lipinski definition) is 5. The Hall–Kier alpha value is -2.11. The van der Waals surface area contributed by atoms with E-state index >= 15 is 0 Å². The van der Waals surface area contributed by atoms with E-state index in [4.69, 9.17) is 5.84 Å². The molecule has 0 aliphatic rings. The highest BCUT2D eigenvalue weighted by atomic mass is 15.7. The Bertz CT molecular complexity index is 381. The number of nitrogens with one attached hydrogen (secondary N) is 1. The number of hydrogen-bond donors (Lipinski definition) is 2. The van der Waals surface area contributed by atoms with Crippen LogP contribution in [-0.4, -0.2) is 20.3 Å². The Labute approximate surface area is 74.3 Å². The summed E-state index contributed by atoms with van der Waals surface area (Å²) in [5.74, 6) is 5.81. The third-order valence-electron chi connectivity index (χ3n) is 1.52. The van der Waals surface area contributed by atoms with Gasteiger partial charge in [0.15, 0.2) is 0 Å². The van der Waals surface area contributed by atoms with Crippen molar-refractivity contribution in [2.45, 2.75) is 0 Å². The van der Waals surface area contributed by atoms with E-state index in [1.807, 2.05) is 30.3 Å². The molecule has 66 valence electrons. The molecule has 0 radical (unpaired) electrons. The fraction of sp³-hybridized carbons (Fsp3) is 0. The molecule has 2 rings (SSSR count). The van der Waals surface area contributed by atoms with Crippen molar-refractivity contribution in [3.8, 4) is 0 Å². The molecule has 1 aromatic carbocycles. The largest absolute Gasteiger partial charge is 0.322 e. The first kappa shape index (κ1) is 7.53. The van der Waals surface area contributed by atoms with E-state index in [0.717, 1.165) is 10.5 Å². The van der Waals surface area contributed by atoms with Crippen molar-refractivity contribution in [3.63, 3.8) is 0 Å². The lowest BCUT2D eigenvalue weighted by atomic mass is 10.3. The summed E-state index contributed by atoms with van der Waals surface area (Å²) >= 11 is 0. The standard InChI is InChI=1S/C7H8N6/c8-13-7(10-11-12-13)9-6-4-2-1-3-5-6/h1-5H,8H2,(H,9,10,12). The van der Waals surface area contributed by atoms with Crippen molar-refractivity contribution < 1.29 is 0 Å². The molecule has 1 aromatic heterocycles. The van der Waals surface area contributed by atoms with Gasteiger partial charge in [0.05, 0.1) is 0 Å². The van der Waals surface area contributed by atoms with Gasteiger partial charge in [0.25, 0.3) is 5.95 Å². The van der Waals surface area contributed by atoms with Gasteiger partial charge in [0.2, 0.25) is 0 Å². The third kappa shape index (κ3) is 1.56. The highest BCUT2D eigenvalue weighted by Crippen LogP contribution is 2.10. The zero-order valence-electron chi connectivity index (χ0n) is 6.75. The topological polar surface area (TPSA) is 81.7 Å². The normalized spacial score (nSPS) is 9.85. The molecule has 6 nitrogen and oxygen atoms in total. The van der Waals surface area contributed by atoms with Crippen molar-refractivity contribution >= 4 is 11.6 Å². The predicted molar refractivity (Wildman–Crippen MR) is 47.7 cm³/mol. The molecular formula is C7H8N6. The molecule has 0 saturated heterocycles. The number of anilines is 2. The number of nitrogens with zero attached hydrogens (tertiary/aromatic N) is 4. The van der Waals surface area contributed by atoms with Crippen LogP contribution >= 0.6 is 0 Å². The second-order valence-corrected chi connectivity index (χ2v) is 2.44. The van der Waals surface area contributed by atoms with Crippen molar-refractivity contribution in [3.05, 3.63) is 30.3 Å². The van der Waals surface area contributed by atoms with Crippen molar-refractivity contribution in [2.75, 3.05) is 11.2 Å². The van der Waals surface area contributed by atoms with Crippen molar-refractivity contribution in [2.24, 2.45) is 0 Å². The lowest BCUT2D eigenvalue weighted by Gasteiger charge is -2.01. The molecule has 0 aliphatic heterocycles. The second kappa shape index (κ2) is 3.10. The lowest BCUT2D eigenvalue weighted by molar-refractivity contribution is 0.760. The number of rotatable bonds is 2. The zero-order chi connectivity index (χ0) is 9.10. The van der Waals surface area contributed by atoms with Gasteiger partial charge in [-0.1, -0.05) is 23.3 Å².